The molecule has 0 fully saturated rings. The molecule has 0 radical (unpaired) electrons. The van der Waals surface area contributed by atoms with E-state index in [1.165, 1.54) is 53.3 Å². The lowest BCUT2D eigenvalue weighted by Crippen LogP contribution is -1.92. The van der Waals surface area contributed by atoms with Gasteiger partial charge in [0.25, 0.3) is 0 Å². The van der Waals surface area contributed by atoms with Gasteiger partial charge in [-0.1, -0.05) is 44.7 Å². The van der Waals surface area contributed by atoms with Crippen molar-refractivity contribution in [2.24, 2.45) is 0 Å². The third-order valence-corrected chi connectivity index (χ3v) is 3.93. The van der Waals surface area contributed by atoms with Crippen LogP contribution in [0.25, 0.3) is 10.9 Å². The second-order valence-electron chi connectivity index (χ2n) is 5.65. The van der Waals surface area contributed by atoms with E-state index in [1.54, 1.807) is 0 Å². The Balaban J connectivity index is 2.28. The molecule has 0 saturated heterocycles. The van der Waals surface area contributed by atoms with Crippen LogP contribution in [-0.2, 0) is 0 Å². The summed E-state index contributed by atoms with van der Waals surface area (Å²) >= 11 is 0. The topological polar surface area (TPSA) is 15.8 Å². The highest BCUT2D eigenvalue weighted by Crippen LogP contribution is 2.31. The Morgan fingerprint density at radius 2 is 1.94 bits per heavy atom. The van der Waals surface area contributed by atoms with E-state index in [2.05, 4.69) is 51.0 Å². The molecule has 1 aromatic carbocycles. The van der Waals surface area contributed by atoms with Gasteiger partial charge in [0.05, 0.1) is 0 Å². The SMILES string of the molecule is CCCCCC(C)c1c[nH]c2c(C)cc(C)cc12. The fraction of sp³-hybridized carbons (Fsp3) is 0.529. The molecule has 0 aliphatic heterocycles. The Morgan fingerprint density at radius 3 is 2.67 bits per heavy atom. The second-order valence-corrected chi connectivity index (χ2v) is 5.65. The predicted octanol–water partition coefficient (Wildman–Crippen LogP) is 5.47. The standard InChI is InChI=1S/C17H25N/c1-5-6-7-8-13(3)16-11-18-17-14(4)9-12(2)10-15(16)17/h9-11,13,18H,5-8H2,1-4H3. The Bertz CT molecular complexity index is 522. The third-order valence-electron chi connectivity index (χ3n) is 3.93. The van der Waals surface area contributed by atoms with Crippen LogP contribution < -0.4 is 0 Å². The number of hydrogen-bond donors (Lipinski definition) is 1. The highest BCUT2D eigenvalue weighted by molar-refractivity contribution is 5.87. The van der Waals surface area contributed by atoms with E-state index in [-0.39, 0.29) is 0 Å². The smallest absolute Gasteiger partial charge is 0.0486 e. The molecule has 0 saturated carbocycles. The molecule has 0 bridgehead atoms. The molecule has 2 aromatic rings. The van der Waals surface area contributed by atoms with E-state index in [4.69, 9.17) is 0 Å². The molecule has 0 aliphatic rings. The van der Waals surface area contributed by atoms with E-state index < -0.39 is 0 Å². The maximum atomic E-state index is 3.45. The van der Waals surface area contributed by atoms with Gasteiger partial charge < -0.3 is 4.98 Å². The fourth-order valence-electron chi connectivity index (χ4n) is 2.88. The zero-order valence-electron chi connectivity index (χ0n) is 12.1. The summed E-state index contributed by atoms with van der Waals surface area (Å²) in [7, 11) is 0. The van der Waals surface area contributed by atoms with Crippen molar-refractivity contribution < 1.29 is 0 Å². The number of fused-ring (bicyclic) bond motifs is 1. The third kappa shape index (κ3) is 2.60. The number of rotatable bonds is 5. The Hall–Kier alpha value is -1.24. The molecule has 2 rings (SSSR count). The largest absolute Gasteiger partial charge is 0.361 e. The number of nitrogens with one attached hydrogen (secondary N) is 1. The molecule has 1 atom stereocenters. The number of aromatic nitrogens is 1. The monoisotopic (exact) mass is 243 g/mol. The maximum absolute atomic E-state index is 3.45. The minimum Gasteiger partial charge on any atom is -0.361 e. The van der Waals surface area contributed by atoms with Crippen LogP contribution in [0.3, 0.4) is 0 Å². The Kier molecular flexibility index (Phi) is 4.11. The van der Waals surface area contributed by atoms with Crippen LogP contribution in [0, 0.1) is 13.8 Å². The highest BCUT2D eigenvalue weighted by atomic mass is 14.7. The number of unbranched alkanes of at least 4 members (excludes halogenated alkanes) is 2. The van der Waals surface area contributed by atoms with Crippen molar-refractivity contribution in [3.05, 3.63) is 35.0 Å². The molecule has 1 aromatic heterocycles. The lowest BCUT2D eigenvalue weighted by atomic mass is 9.93. The van der Waals surface area contributed by atoms with E-state index >= 15 is 0 Å². The van der Waals surface area contributed by atoms with Crippen molar-refractivity contribution in [3.8, 4) is 0 Å². The molecular formula is C17H25N. The van der Waals surface area contributed by atoms with Gasteiger partial charge in [-0.3, -0.25) is 0 Å². The van der Waals surface area contributed by atoms with E-state index in [0.717, 1.165) is 0 Å². The summed E-state index contributed by atoms with van der Waals surface area (Å²) in [6.45, 7) is 9.00. The summed E-state index contributed by atoms with van der Waals surface area (Å²) in [6.07, 6.45) is 7.51. The first-order chi connectivity index (χ1) is 8.63. The quantitative estimate of drug-likeness (QED) is 0.670. The molecule has 1 unspecified atom stereocenters. The summed E-state index contributed by atoms with van der Waals surface area (Å²) in [4.78, 5) is 3.45. The van der Waals surface area contributed by atoms with Crippen molar-refractivity contribution in [2.45, 2.75) is 59.3 Å². The number of aromatic amines is 1. The maximum Gasteiger partial charge on any atom is 0.0486 e. The van der Waals surface area contributed by atoms with Crippen molar-refractivity contribution in [1.29, 1.82) is 0 Å². The molecule has 98 valence electrons. The van der Waals surface area contributed by atoms with Gasteiger partial charge in [-0.15, -0.1) is 0 Å². The van der Waals surface area contributed by atoms with Crippen LogP contribution in [0.15, 0.2) is 18.3 Å². The van der Waals surface area contributed by atoms with Crippen molar-refractivity contribution in [2.75, 3.05) is 0 Å². The number of hydrogen-bond acceptors (Lipinski definition) is 0. The number of benzene rings is 1. The van der Waals surface area contributed by atoms with Crippen LogP contribution >= 0.6 is 0 Å². The first kappa shape index (κ1) is 13.2. The second kappa shape index (κ2) is 5.60. The highest BCUT2D eigenvalue weighted by Gasteiger charge is 2.12. The molecule has 0 aliphatic carbocycles. The van der Waals surface area contributed by atoms with Gasteiger partial charge in [-0.05, 0) is 43.4 Å². The van der Waals surface area contributed by atoms with Crippen molar-refractivity contribution in [1.82, 2.24) is 4.98 Å². The number of H-pyrrole nitrogens is 1. The van der Waals surface area contributed by atoms with E-state index in [1.807, 2.05) is 0 Å². The van der Waals surface area contributed by atoms with Crippen molar-refractivity contribution >= 4 is 10.9 Å². The zero-order chi connectivity index (χ0) is 13.1. The first-order valence-electron chi connectivity index (χ1n) is 7.21. The minimum atomic E-state index is 0.659. The molecule has 1 nitrogen and oxygen atoms in total. The lowest BCUT2D eigenvalue weighted by Gasteiger charge is -2.10. The molecule has 1 heterocycles. The van der Waals surface area contributed by atoms with Gasteiger partial charge in [-0.25, -0.2) is 0 Å². The normalized spacial score (nSPS) is 13.1. The summed E-state index contributed by atoms with van der Waals surface area (Å²) in [5.74, 6) is 0.659. The number of aryl methyl sites for hydroxylation is 2. The summed E-state index contributed by atoms with van der Waals surface area (Å²) in [6, 6.07) is 4.58. The van der Waals surface area contributed by atoms with Gasteiger partial charge in [0, 0.05) is 17.1 Å². The minimum absolute atomic E-state index is 0.659. The molecular weight excluding hydrogens is 218 g/mol. The van der Waals surface area contributed by atoms with Gasteiger partial charge in [-0.2, -0.15) is 0 Å². The van der Waals surface area contributed by atoms with Crippen molar-refractivity contribution in [3.63, 3.8) is 0 Å². The summed E-state index contributed by atoms with van der Waals surface area (Å²) in [5.41, 5.74) is 5.53. The first-order valence-corrected chi connectivity index (χ1v) is 7.21. The molecule has 0 amide bonds. The predicted molar refractivity (Wildman–Crippen MR) is 80.3 cm³/mol. The molecule has 1 N–H and O–H groups in total. The van der Waals surface area contributed by atoms with E-state index in [0.29, 0.717) is 5.92 Å². The van der Waals surface area contributed by atoms with Crippen LogP contribution in [0.1, 0.15) is 62.1 Å². The van der Waals surface area contributed by atoms with Crippen LogP contribution in [0.5, 0.6) is 0 Å². The van der Waals surface area contributed by atoms with Gasteiger partial charge in [0.15, 0.2) is 0 Å². The van der Waals surface area contributed by atoms with Crippen LogP contribution in [-0.4, -0.2) is 4.98 Å². The van der Waals surface area contributed by atoms with Crippen LogP contribution in [0.2, 0.25) is 0 Å². The zero-order valence-corrected chi connectivity index (χ0v) is 12.1. The van der Waals surface area contributed by atoms with E-state index in [9.17, 15) is 0 Å². The fourth-order valence-corrected chi connectivity index (χ4v) is 2.88. The Labute approximate surface area is 111 Å². The summed E-state index contributed by atoms with van der Waals surface area (Å²) < 4.78 is 0. The summed E-state index contributed by atoms with van der Waals surface area (Å²) in [5, 5.41) is 1.43. The molecule has 1 heteroatoms. The van der Waals surface area contributed by atoms with Gasteiger partial charge >= 0.3 is 0 Å². The molecule has 0 spiro atoms. The van der Waals surface area contributed by atoms with Crippen LogP contribution in [0.4, 0.5) is 0 Å². The van der Waals surface area contributed by atoms with Gasteiger partial charge in [0.1, 0.15) is 0 Å². The lowest BCUT2D eigenvalue weighted by molar-refractivity contribution is 0.600. The van der Waals surface area contributed by atoms with Gasteiger partial charge in [0.2, 0.25) is 0 Å². The molecule has 18 heavy (non-hydrogen) atoms. The average Bonchev–Trinajstić information content (AvgIpc) is 2.73. The Morgan fingerprint density at radius 1 is 1.17 bits per heavy atom. The average molecular weight is 243 g/mol.